The number of anilines is 1. The lowest BCUT2D eigenvalue weighted by atomic mass is 10.2. The third kappa shape index (κ3) is 3.25. The van der Waals surface area contributed by atoms with Crippen molar-refractivity contribution in [3.05, 3.63) is 48.2 Å². The van der Waals surface area contributed by atoms with Crippen LogP contribution in [0.15, 0.2) is 36.7 Å². The number of carbonyl (C=O) groups is 1. The van der Waals surface area contributed by atoms with Crippen LogP contribution in [0.4, 0.5) is 10.1 Å². The molecule has 1 amide bonds. The number of aromatic nitrogens is 2. The molecule has 2 aromatic rings. The summed E-state index contributed by atoms with van der Waals surface area (Å²) in [7, 11) is 0. The van der Waals surface area contributed by atoms with Crippen molar-refractivity contribution in [2.45, 2.75) is 6.92 Å². The molecule has 0 spiro atoms. The van der Waals surface area contributed by atoms with Crippen molar-refractivity contribution in [1.82, 2.24) is 9.97 Å². The van der Waals surface area contributed by atoms with Crippen molar-refractivity contribution >= 4 is 11.6 Å². The van der Waals surface area contributed by atoms with Gasteiger partial charge in [-0.05, 0) is 25.1 Å². The van der Waals surface area contributed by atoms with Crippen LogP contribution in [0.1, 0.15) is 17.3 Å². The van der Waals surface area contributed by atoms with Gasteiger partial charge < -0.3 is 10.1 Å². The van der Waals surface area contributed by atoms with Crippen molar-refractivity contribution in [2.75, 3.05) is 11.9 Å². The molecule has 0 atom stereocenters. The van der Waals surface area contributed by atoms with Crippen molar-refractivity contribution in [1.29, 1.82) is 0 Å². The van der Waals surface area contributed by atoms with Crippen LogP contribution in [0, 0.1) is 5.95 Å². The van der Waals surface area contributed by atoms with Crippen molar-refractivity contribution in [3.63, 3.8) is 0 Å². The first-order valence-electron chi connectivity index (χ1n) is 5.71. The van der Waals surface area contributed by atoms with Gasteiger partial charge in [0.1, 0.15) is 0 Å². The van der Waals surface area contributed by atoms with E-state index in [0.717, 1.165) is 0 Å². The summed E-state index contributed by atoms with van der Waals surface area (Å²) in [6.45, 7) is 2.36. The van der Waals surface area contributed by atoms with E-state index in [0.29, 0.717) is 18.2 Å². The van der Waals surface area contributed by atoms with Gasteiger partial charge in [0.15, 0.2) is 0 Å². The summed E-state index contributed by atoms with van der Waals surface area (Å²) in [6.07, 6.45) is 2.72. The average molecular weight is 261 g/mol. The second kappa shape index (κ2) is 5.90. The minimum absolute atomic E-state index is 0.114. The van der Waals surface area contributed by atoms with E-state index in [2.05, 4.69) is 15.3 Å². The Morgan fingerprint density at radius 2 is 2.21 bits per heavy atom. The number of pyridine rings is 2. The molecule has 0 aromatic carbocycles. The van der Waals surface area contributed by atoms with E-state index >= 15 is 0 Å². The molecule has 0 saturated carbocycles. The molecular formula is C13H12FN3O2. The van der Waals surface area contributed by atoms with Gasteiger partial charge >= 0.3 is 0 Å². The van der Waals surface area contributed by atoms with Crippen LogP contribution >= 0.6 is 0 Å². The Labute approximate surface area is 109 Å². The van der Waals surface area contributed by atoms with E-state index in [1.54, 1.807) is 12.1 Å². The summed E-state index contributed by atoms with van der Waals surface area (Å²) in [4.78, 5) is 19.2. The molecule has 6 heteroatoms. The Morgan fingerprint density at radius 1 is 1.37 bits per heavy atom. The summed E-state index contributed by atoms with van der Waals surface area (Å²) >= 11 is 0. The Balaban J connectivity index is 2.09. The molecule has 0 aliphatic rings. The van der Waals surface area contributed by atoms with Crippen molar-refractivity contribution in [3.8, 4) is 5.88 Å². The predicted octanol–water partition coefficient (Wildman–Crippen LogP) is 2.27. The maximum absolute atomic E-state index is 13.3. The second-order valence-corrected chi connectivity index (χ2v) is 3.61. The second-order valence-electron chi connectivity index (χ2n) is 3.61. The van der Waals surface area contributed by atoms with E-state index in [1.165, 1.54) is 24.5 Å². The minimum Gasteiger partial charge on any atom is -0.478 e. The Morgan fingerprint density at radius 3 is 2.84 bits per heavy atom. The number of hydrogen-bond acceptors (Lipinski definition) is 4. The third-order valence-corrected chi connectivity index (χ3v) is 2.29. The number of carbonyl (C=O) groups excluding carboxylic acids is 1. The van der Waals surface area contributed by atoms with E-state index in [-0.39, 0.29) is 5.56 Å². The van der Waals surface area contributed by atoms with Gasteiger partial charge in [0, 0.05) is 12.3 Å². The molecule has 0 bridgehead atoms. The van der Waals surface area contributed by atoms with Crippen LogP contribution in [-0.2, 0) is 0 Å². The first kappa shape index (κ1) is 12.9. The molecule has 0 aliphatic heterocycles. The Hall–Kier alpha value is -2.50. The lowest BCUT2D eigenvalue weighted by Gasteiger charge is -2.06. The summed E-state index contributed by atoms with van der Waals surface area (Å²) < 4.78 is 18.5. The van der Waals surface area contributed by atoms with E-state index in [9.17, 15) is 9.18 Å². The first-order valence-corrected chi connectivity index (χ1v) is 5.71. The highest BCUT2D eigenvalue weighted by molar-refractivity contribution is 6.04. The molecule has 0 unspecified atom stereocenters. The first-order chi connectivity index (χ1) is 9.20. The molecule has 2 heterocycles. The van der Waals surface area contributed by atoms with Crippen molar-refractivity contribution in [2.24, 2.45) is 0 Å². The van der Waals surface area contributed by atoms with Crippen molar-refractivity contribution < 1.29 is 13.9 Å². The molecule has 0 aliphatic carbocycles. The monoisotopic (exact) mass is 261 g/mol. The Kier molecular flexibility index (Phi) is 4.02. The lowest BCUT2D eigenvalue weighted by molar-refractivity contribution is 0.102. The topological polar surface area (TPSA) is 64.1 Å². The van der Waals surface area contributed by atoms with Crippen LogP contribution in [0.3, 0.4) is 0 Å². The largest absolute Gasteiger partial charge is 0.478 e. The molecule has 0 saturated heterocycles. The van der Waals surface area contributed by atoms with Crippen LogP contribution in [-0.4, -0.2) is 22.5 Å². The van der Waals surface area contributed by atoms with Crippen LogP contribution in [0.5, 0.6) is 5.88 Å². The Bertz CT molecular complexity index is 572. The molecule has 19 heavy (non-hydrogen) atoms. The number of nitrogens with zero attached hydrogens (tertiary/aromatic N) is 2. The van der Waals surface area contributed by atoms with Gasteiger partial charge in [-0.25, -0.2) is 9.97 Å². The van der Waals surface area contributed by atoms with Gasteiger partial charge in [-0.15, -0.1) is 0 Å². The van der Waals surface area contributed by atoms with E-state index in [4.69, 9.17) is 4.74 Å². The molecule has 0 fully saturated rings. The molecule has 5 nitrogen and oxygen atoms in total. The van der Waals surface area contributed by atoms with Gasteiger partial charge in [0.05, 0.1) is 24.1 Å². The van der Waals surface area contributed by atoms with Gasteiger partial charge in [-0.2, -0.15) is 4.39 Å². The fourth-order valence-corrected chi connectivity index (χ4v) is 1.44. The van der Waals surface area contributed by atoms with Gasteiger partial charge in [0.25, 0.3) is 5.91 Å². The standard InChI is InChI=1S/C13H12FN3O2/c1-2-19-11-6-5-9(8-16-11)17-13(18)10-4-3-7-15-12(10)14/h3-8H,2H2,1H3,(H,17,18). The highest BCUT2D eigenvalue weighted by Gasteiger charge is 2.12. The fraction of sp³-hybridized carbons (Fsp3) is 0.154. The summed E-state index contributed by atoms with van der Waals surface area (Å²) in [5.74, 6) is -0.913. The maximum atomic E-state index is 13.3. The predicted molar refractivity (Wildman–Crippen MR) is 67.6 cm³/mol. The molecule has 98 valence electrons. The summed E-state index contributed by atoms with van der Waals surface area (Å²) in [6, 6.07) is 6.11. The number of nitrogens with one attached hydrogen (secondary N) is 1. The molecule has 1 N–H and O–H groups in total. The maximum Gasteiger partial charge on any atom is 0.260 e. The summed E-state index contributed by atoms with van der Waals surface area (Å²) in [5.41, 5.74) is 0.341. The highest BCUT2D eigenvalue weighted by Crippen LogP contribution is 2.13. The van der Waals surface area contributed by atoms with Crippen LogP contribution < -0.4 is 10.1 Å². The average Bonchev–Trinajstić information content (AvgIpc) is 2.42. The highest BCUT2D eigenvalue weighted by atomic mass is 19.1. The zero-order valence-corrected chi connectivity index (χ0v) is 10.3. The zero-order chi connectivity index (χ0) is 13.7. The number of halogens is 1. The fourth-order valence-electron chi connectivity index (χ4n) is 1.44. The summed E-state index contributed by atoms with van der Waals surface area (Å²) in [5, 5.41) is 2.53. The molecular weight excluding hydrogens is 249 g/mol. The number of amides is 1. The quantitative estimate of drug-likeness (QED) is 0.857. The SMILES string of the molecule is CCOc1ccc(NC(=O)c2cccnc2F)cn1. The lowest BCUT2D eigenvalue weighted by Crippen LogP contribution is -2.14. The normalized spacial score (nSPS) is 10.0. The molecule has 2 rings (SSSR count). The van der Waals surface area contributed by atoms with E-state index < -0.39 is 11.9 Å². The van der Waals surface area contributed by atoms with Gasteiger partial charge in [-0.3, -0.25) is 4.79 Å². The van der Waals surface area contributed by atoms with Crippen LogP contribution in [0.25, 0.3) is 0 Å². The number of ether oxygens (including phenoxy) is 1. The van der Waals surface area contributed by atoms with Gasteiger partial charge in [-0.1, -0.05) is 0 Å². The third-order valence-electron chi connectivity index (χ3n) is 2.29. The van der Waals surface area contributed by atoms with Gasteiger partial charge in [0.2, 0.25) is 11.8 Å². The zero-order valence-electron chi connectivity index (χ0n) is 10.3. The number of hydrogen-bond donors (Lipinski definition) is 1. The molecule has 0 radical (unpaired) electrons. The van der Waals surface area contributed by atoms with E-state index in [1.807, 2.05) is 6.92 Å². The smallest absolute Gasteiger partial charge is 0.260 e. The number of rotatable bonds is 4. The minimum atomic E-state index is -0.807. The molecule has 2 aromatic heterocycles. The van der Waals surface area contributed by atoms with Crippen LogP contribution in [0.2, 0.25) is 0 Å².